The summed E-state index contributed by atoms with van der Waals surface area (Å²) in [6.45, 7) is 0. The lowest BCUT2D eigenvalue weighted by Crippen LogP contribution is -2.41. The van der Waals surface area contributed by atoms with Crippen LogP contribution in [0.15, 0.2) is 91.0 Å². The zero-order valence-corrected chi connectivity index (χ0v) is 16.8. The molecule has 0 aromatic heterocycles. The third-order valence-corrected chi connectivity index (χ3v) is 11.0. The minimum absolute atomic E-state index is 0.194. The van der Waals surface area contributed by atoms with Crippen molar-refractivity contribution in [1.29, 1.82) is 0 Å². The van der Waals surface area contributed by atoms with Crippen LogP contribution in [-0.2, 0) is 4.79 Å². The summed E-state index contributed by atoms with van der Waals surface area (Å²) in [7, 11) is -1.88. The molecule has 1 saturated carbocycles. The van der Waals surface area contributed by atoms with Crippen molar-refractivity contribution in [2.45, 2.75) is 31.3 Å². The summed E-state index contributed by atoms with van der Waals surface area (Å²) in [6.07, 6.45) is 3.47. The molecule has 0 aliphatic heterocycles. The fourth-order valence-corrected chi connectivity index (χ4v) is 9.94. The SMILES string of the molecule is O=C(O)C1CCC([P+](c2ccccc2)(c2ccccc2)c2ccccc2)CC1. The van der Waals surface area contributed by atoms with Gasteiger partial charge in [0.05, 0.1) is 11.6 Å². The second kappa shape index (κ2) is 8.29. The molecule has 4 rings (SSSR count). The Balaban J connectivity index is 1.91. The van der Waals surface area contributed by atoms with Gasteiger partial charge in [-0.15, -0.1) is 0 Å². The van der Waals surface area contributed by atoms with Gasteiger partial charge < -0.3 is 5.11 Å². The molecule has 2 nitrogen and oxygen atoms in total. The second-order valence-corrected chi connectivity index (χ2v) is 11.3. The van der Waals surface area contributed by atoms with Crippen molar-refractivity contribution in [3.05, 3.63) is 91.0 Å². The summed E-state index contributed by atoms with van der Waals surface area (Å²) in [5.74, 6) is -0.831. The predicted octanol–water partition coefficient (Wildman–Crippen LogP) is 4.62. The molecule has 0 bridgehead atoms. The normalized spacial score (nSPS) is 19.9. The zero-order valence-electron chi connectivity index (χ0n) is 15.9. The molecule has 0 saturated heterocycles. The van der Waals surface area contributed by atoms with Crippen molar-refractivity contribution >= 4 is 29.1 Å². The van der Waals surface area contributed by atoms with Crippen molar-refractivity contribution in [1.82, 2.24) is 0 Å². The van der Waals surface area contributed by atoms with E-state index < -0.39 is 13.2 Å². The van der Waals surface area contributed by atoms with E-state index in [1.165, 1.54) is 15.9 Å². The van der Waals surface area contributed by atoms with Crippen LogP contribution in [-0.4, -0.2) is 16.7 Å². The first kappa shape index (κ1) is 18.9. The highest BCUT2D eigenvalue weighted by molar-refractivity contribution is 7.96. The van der Waals surface area contributed by atoms with E-state index >= 15 is 0 Å². The van der Waals surface area contributed by atoms with Crippen LogP contribution in [0.3, 0.4) is 0 Å². The molecule has 0 heterocycles. The summed E-state index contributed by atoms with van der Waals surface area (Å²) in [5, 5.41) is 13.7. The smallest absolute Gasteiger partial charge is 0.306 e. The van der Waals surface area contributed by atoms with Gasteiger partial charge in [0.1, 0.15) is 23.2 Å². The van der Waals surface area contributed by atoms with E-state index in [9.17, 15) is 9.90 Å². The van der Waals surface area contributed by atoms with Gasteiger partial charge >= 0.3 is 5.97 Å². The van der Waals surface area contributed by atoms with Gasteiger partial charge in [0.2, 0.25) is 0 Å². The van der Waals surface area contributed by atoms with Crippen LogP contribution < -0.4 is 15.9 Å². The van der Waals surface area contributed by atoms with Gasteiger partial charge in [-0.05, 0) is 62.1 Å². The number of carboxylic acid groups (broad SMARTS) is 1. The van der Waals surface area contributed by atoms with Crippen LogP contribution >= 0.6 is 7.26 Å². The maximum Gasteiger partial charge on any atom is 0.306 e. The van der Waals surface area contributed by atoms with Gasteiger partial charge in [0.15, 0.2) is 0 Å². The van der Waals surface area contributed by atoms with E-state index in [0.717, 1.165) is 25.7 Å². The van der Waals surface area contributed by atoms with E-state index in [1.54, 1.807) is 0 Å². The zero-order chi connectivity index (χ0) is 19.4. The fraction of sp³-hybridized carbons (Fsp3) is 0.240. The Kier molecular flexibility index (Phi) is 5.59. The van der Waals surface area contributed by atoms with E-state index in [-0.39, 0.29) is 5.92 Å². The first-order valence-electron chi connectivity index (χ1n) is 10.0. The molecule has 1 fully saturated rings. The summed E-state index contributed by atoms with van der Waals surface area (Å²) in [6, 6.07) is 32.7. The lowest BCUT2D eigenvalue weighted by molar-refractivity contribution is -0.142. The topological polar surface area (TPSA) is 37.3 Å². The maximum atomic E-state index is 11.5. The van der Waals surface area contributed by atoms with Crippen LogP contribution in [0.4, 0.5) is 0 Å². The molecule has 0 radical (unpaired) electrons. The molecule has 0 amide bonds. The molecule has 0 unspecified atom stereocenters. The summed E-state index contributed by atoms with van der Waals surface area (Å²) >= 11 is 0. The van der Waals surface area contributed by atoms with Crippen LogP contribution in [0.25, 0.3) is 0 Å². The van der Waals surface area contributed by atoms with E-state index in [1.807, 2.05) is 0 Å². The first-order chi connectivity index (χ1) is 13.7. The Hall–Kier alpha value is -2.44. The Labute approximate surface area is 167 Å². The molecular weight excluding hydrogens is 363 g/mol. The molecule has 0 atom stereocenters. The Bertz CT molecular complexity index is 804. The minimum atomic E-state index is -1.88. The quantitative estimate of drug-likeness (QED) is 0.647. The molecule has 3 aromatic rings. The predicted molar refractivity (Wildman–Crippen MR) is 119 cm³/mol. The van der Waals surface area contributed by atoms with E-state index in [0.29, 0.717) is 5.66 Å². The minimum Gasteiger partial charge on any atom is -0.481 e. The number of benzene rings is 3. The molecule has 0 spiro atoms. The van der Waals surface area contributed by atoms with Crippen LogP contribution in [0.5, 0.6) is 0 Å². The van der Waals surface area contributed by atoms with Crippen molar-refractivity contribution in [2.24, 2.45) is 5.92 Å². The number of hydrogen-bond donors (Lipinski definition) is 1. The van der Waals surface area contributed by atoms with E-state index in [4.69, 9.17) is 0 Å². The monoisotopic (exact) mass is 389 g/mol. The van der Waals surface area contributed by atoms with Crippen molar-refractivity contribution < 1.29 is 9.90 Å². The number of rotatable bonds is 5. The van der Waals surface area contributed by atoms with Gasteiger partial charge in [0, 0.05) is 0 Å². The van der Waals surface area contributed by atoms with Gasteiger partial charge in [-0.2, -0.15) is 0 Å². The number of carboxylic acids is 1. The lowest BCUT2D eigenvalue weighted by atomic mass is 9.89. The van der Waals surface area contributed by atoms with Crippen LogP contribution in [0, 0.1) is 5.92 Å². The summed E-state index contributed by atoms with van der Waals surface area (Å²) in [4.78, 5) is 11.5. The summed E-state index contributed by atoms with van der Waals surface area (Å²) in [5.41, 5.74) is 0.468. The van der Waals surface area contributed by atoms with Crippen molar-refractivity contribution in [2.75, 3.05) is 0 Å². The second-order valence-electron chi connectivity index (χ2n) is 7.57. The average molecular weight is 389 g/mol. The molecule has 1 aliphatic carbocycles. The van der Waals surface area contributed by atoms with Gasteiger partial charge in [0.25, 0.3) is 0 Å². The number of hydrogen-bond acceptors (Lipinski definition) is 1. The molecule has 28 heavy (non-hydrogen) atoms. The highest BCUT2D eigenvalue weighted by Gasteiger charge is 2.53. The molecular formula is C25H26O2P+. The van der Waals surface area contributed by atoms with Crippen molar-refractivity contribution in [3.8, 4) is 0 Å². The molecule has 142 valence electrons. The van der Waals surface area contributed by atoms with Gasteiger partial charge in [-0.3, -0.25) is 4.79 Å². The van der Waals surface area contributed by atoms with E-state index in [2.05, 4.69) is 91.0 Å². The third-order valence-electron chi connectivity index (χ3n) is 6.08. The molecule has 3 aromatic carbocycles. The largest absolute Gasteiger partial charge is 0.481 e. The standard InChI is InChI=1S/C25H25O2P/c26-25(27)20-16-18-24(19-17-20)28(21-10-4-1-5-11-21,22-12-6-2-7-13-22)23-14-8-3-9-15-23/h1-15,20,24H,16-19H2/p+1. The Morgan fingerprint density at radius 1 is 0.643 bits per heavy atom. The van der Waals surface area contributed by atoms with Crippen LogP contribution in [0.1, 0.15) is 25.7 Å². The van der Waals surface area contributed by atoms with Gasteiger partial charge in [-0.25, -0.2) is 0 Å². The van der Waals surface area contributed by atoms with Gasteiger partial charge in [-0.1, -0.05) is 54.6 Å². The highest BCUT2D eigenvalue weighted by Crippen LogP contribution is 2.63. The fourth-order valence-electron chi connectivity index (χ4n) is 4.78. The molecule has 1 N–H and O–H groups in total. The van der Waals surface area contributed by atoms with Crippen molar-refractivity contribution in [3.63, 3.8) is 0 Å². The summed E-state index contributed by atoms with van der Waals surface area (Å²) < 4.78 is 0. The Morgan fingerprint density at radius 3 is 1.32 bits per heavy atom. The Morgan fingerprint density at radius 2 is 1.00 bits per heavy atom. The first-order valence-corrected chi connectivity index (χ1v) is 11.9. The highest BCUT2D eigenvalue weighted by atomic mass is 31.2. The lowest BCUT2D eigenvalue weighted by Gasteiger charge is -2.38. The number of carbonyl (C=O) groups is 1. The van der Waals surface area contributed by atoms with Crippen LogP contribution in [0.2, 0.25) is 0 Å². The maximum absolute atomic E-state index is 11.5. The molecule has 1 aliphatic rings. The number of aliphatic carboxylic acids is 1. The third kappa shape index (κ3) is 3.38. The molecule has 3 heteroatoms. The average Bonchev–Trinajstić information content (AvgIpc) is 2.77.